The normalized spacial score (nSPS) is 11.1. The summed E-state index contributed by atoms with van der Waals surface area (Å²) in [5, 5.41) is 10.8. The Morgan fingerprint density at radius 3 is 2.81 bits per heavy atom. The number of nitrogens with one attached hydrogen (secondary N) is 2. The van der Waals surface area contributed by atoms with Crippen molar-refractivity contribution < 1.29 is 4.74 Å². The largest absolute Gasteiger partial charge is 0.494 e. The molecular weight excluding hydrogens is 426 g/mol. The maximum Gasteiger partial charge on any atom is 0.231 e. The molecule has 10 nitrogen and oxygen atoms in total. The van der Waals surface area contributed by atoms with E-state index in [2.05, 4.69) is 35.7 Å². The molecule has 0 spiro atoms. The van der Waals surface area contributed by atoms with E-state index in [4.69, 9.17) is 4.74 Å². The molecule has 5 rings (SSSR count). The number of thiazole rings is 1. The fraction of sp³-hybridized carbons (Fsp3) is 0.190. The van der Waals surface area contributed by atoms with Crippen LogP contribution < -0.4 is 15.4 Å². The van der Waals surface area contributed by atoms with Gasteiger partial charge < -0.3 is 19.9 Å². The zero-order valence-corrected chi connectivity index (χ0v) is 18.6. The molecule has 4 heterocycles. The summed E-state index contributed by atoms with van der Waals surface area (Å²) in [5.41, 5.74) is 6.10. The van der Waals surface area contributed by atoms with Crippen molar-refractivity contribution in [3.05, 3.63) is 59.9 Å². The average molecular weight is 448 g/mol. The van der Waals surface area contributed by atoms with Gasteiger partial charge in [0.05, 0.1) is 36.5 Å². The zero-order chi connectivity index (χ0) is 22.1. The van der Waals surface area contributed by atoms with Gasteiger partial charge in [-0.3, -0.25) is 4.68 Å². The van der Waals surface area contributed by atoms with Crippen LogP contribution in [0.5, 0.6) is 5.75 Å². The molecule has 0 fully saturated rings. The second-order valence-electron chi connectivity index (χ2n) is 7.21. The lowest BCUT2D eigenvalue weighted by Crippen LogP contribution is -2.05. The molecular formula is C21H21N9OS. The van der Waals surface area contributed by atoms with Crippen molar-refractivity contribution in [1.29, 1.82) is 0 Å². The molecule has 0 bridgehead atoms. The van der Waals surface area contributed by atoms with Gasteiger partial charge in [0.25, 0.3) is 0 Å². The highest BCUT2D eigenvalue weighted by Crippen LogP contribution is 2.30. The van der Waals surface area contributed by atoms with Crippen molar-refractivity contribution in [2.75, 3.05) is 17.7 Å². The third-order valence-electron chi connectivity index (χ3n) is 4.84. The van der Waals surface area contributed by atoms with Gasteiger partial charge in [-0.1, -0.05) is 0 Å². The van der Waals surface area contributed by atoms with E-state index in [1.165, 1.54) is 11.3 Å². The Morgan fingerprint density at radius 1 is 1.16 bits per heavy atom. The van der Waals surface area contributed by atoms with Crippen LogP contribution in [-0.4, -0.2) is 41.4 Å². The first-order valence-electron chi connectivity index (χ1n) is 9.88. The summed E-state index contributed by atoms with van der Waals surface area (Å²) < 4.78 is 10.2. The minimum Gasteiger partial charge on any atom is -0.494 e. The molecule has 0 amide bonds. The minimum absolute atomic E-state index is 0.449. The Labute approximate surface area is 188 Å². The van der Waals surface area contributed by atoms with Crippen molar-refractivity contribution in [2.24, 2.45) is 7.05 Å². The molecule has 0 aliphatic heterocycles. The predicted octanol–water partition coefficient (Wildman–Crippen LogP) is 3.68. The lowest BCUT2D eigenvalue weighted by molar-refractivity contribution is 0.413. The second-order valence-corrected chi connectivity index (χ2v) is 8.07. The number of methoxy groups -OCH3 is 1. The number of aryl methyl sites for hydroxylation is 2. The molecule has 162 valence electrons. The van der Waals surface area contributed by atoms with Crippen molar-refractivity contribution in [3.63, 3.8) is 0 Å². The van der Waals surface area contributed by atoms with Crippen molar-refractivity contribution in [1.82, 2.24) is 34.3 Å². The molecule has 0 aliphatic rings. The Kier molecular flexibility index (Phi) is 5.15. The van der Waals surface area contributed by atoms with Gasteiger partial charge in [0, 0.05) is 43.3 Å². The monoisotopic (exact) mass is 447 g/mol. The maximum atomic E-state index is 5.60. The van der Waals surface area contributed by atoms with Crippen LogP contribution in [0, 0.1) is 6.92 Å². The number of aromatic nitrogens is 7. The van der Waals surface area contributed by atoms with Gasteiger partial charge in [-0.05, 0) is 19.1 Å². The highest BCUT2D eigenvalue weighted by atomic mass is 32.1. The molecule has 0 saturated heterocycles. The molecule has 1 aromatic carbocycles. The smallest absolute Gasteiger partial charge is 0.231 e. The molecule has 0 unspecified atom stereocenters. The van der Waals surface area contributed by atoms with Crippen LogP contribution in [0.2, 0.25) is 0 Å². The first-order valence-corrected chi connectivity index (χ1v) is 10.8. The van der Waals surface area contributed by atoms with Crippen LogP contribution in [0.1, 0.15) is 11.3 Å². The molecule has 11 heteroatoms. The van der Waals surface area contributed by atoms with Gasteiger partial charge in [0.15, 0.2) is 11.5 Å². The SMILES string of the molecule is COc1cc(Nc2nc(NCc3cnn(C)c3)c3scnc3n2)ccc1-n1cnc(C)c1. The predicted molar refractivity (Wildman–Crippen MR) is 124 cm³/mol. The Hall–Kier alpha value is -3.99. The van der Waals surface area contributed by atoms with E-state index in [1.54, 1.807) is 23.6 Å². The Morgan fingerprint density at radius 2 is 2.06 bits per heavy atom. The van der Waals surface area contributed by atoms with E-state index in [-0.39, 0.29) is 0 Å². The maximum absolute atomic E-state index is 5.60. The van der Waals surface area contributed by atoms with Crippen LogP contribution >= 0.6 is 11.3 Å². The van der Waals surface area contributed by atoms with Gasteiger partial charge in [-0.2, -0.15) is 15.1 Å². The van der Waals surface area contributed by atoms with Gasteiger partial charge in [-0.25, -0.2) is 9.97 Å². The summed E-state index contributed by atoms with van der Waals surface area (Å²) in [5.74, 6) is 1.88. The van der Waals surface area contributed by atoms with E-state index >= 15 is 0 Å². The topological polar surface area (TPSA) is 108 Å². The summed E-state index contributed by atoms with van der Waals surface area (Å²) in [6, 6.07) is 5.82. The first kappa shape index (κ1) is 19.9. The van der Waals surface area contributed by atoms with Crippen LogP contribution in [0.25, 0.3) is 16.0 Å². The van der Waals surface area contributed by atoms with E-state index in [1.807, 2.05) is 55.3 Å². The van der Waals surface area contributed by atoms with Gasteiger partial charge >= 0.3 is 0 Å². The molecule has 0 atom stereocenters. The highest BCUT2D eigenvalue weighted by Gasteiger charge is 2.13. The van der Waals surface area contributed by atoms with Crippen LogP contribution in [0.3, 0.4) is 0 Å². The average Bonchev–Trinajstić information content (AvgIpc) is 3.53. The molecule has 4 aromatic heterocycles. The Balaban J connectivity index is 1.42. The number of benzene rings is 1. The zero-order valence-electron chi connectivity index (χ0n) is 17.8. The van der Waals surface area contributed by atoms with E-state index < -0.39 is 0 Å². The first-order chi connectivity index (χ1) is 15.6. The number of hydrogen-bond donors (Lipinski definition) is 2. The minimum atomic E-state index is 0.449. The Bertz CT molecular complexity index is 1390. The summed E-state index contributed by atoms with van der Waals surface area (Å²) in [7, 11) is 3.54. The molecule has 0 saturated carbocycles. The molecule has 5 aromatic rings. The summed E-state index contributed by atoms with van der Waals surface area (Å²) in [4.78, 5) is 17.9. The number of nitrogens with zero attached hydrogens (tertiary/aromatic N) is 7. The quantitative estimate of drug-likeness (QED) is 0.389. The number of ether oxygens (including phenoxy) is 1. The van der Waals surface area contributed by atoms with Crippen molar-refractivity contribution in [2.45, 2.75) is 13.5 Å². The van der Waals surface area contributed by atoms with E-state index in [0.29, 0.717) is 23.9 Å². The van der Waals surface area contributed by atoms with Crippen molar-refractivity contribution in [3.8, 4) is 11.4 Å². The molecule has 0 aliphatic carbocycles. The highest BCUT2D eigenvalue weighted by molar-refractivity contribution is 7.17. The number of imidazole rings is 1. The third kappa shape index (κ3) is 3.97. The molecule has 0 radical (unpaired) electrons. The van der Waals surface area contributed by atoms with Crippen LogP contribution in [0.15, 0.2) is 48.6 Å². The van der Waals surface area contributed by atoms with Gasteiger partial charge in [0.2, 0.25) is 5.95 Å². The number of anilines is 3. The van der Waals surface area contributed by atoms with Crippen molar-refractivity contribution >= 4 is 39.1 Å². The van der Waals surface area contributed by atoms with E-state index in [0.717, 1.165) is 33.1 Å². The van der Waals surface area contributed by atoms with Gasteiger partial charge in [-0.15, -0.1) is 11.3 Å². The lowest BCUT2D eigenvalue weighted by Gasteiger charge is -2.13. The third-order valence-corrected chi connectivity index (χ3v) is 5.66. The number of fused-ring (bicyclic) bond motifs is 1. The van der Waals surface area contributed by atoms with Crippen LogP contribution in [0.4, 0.5) is 17.5 Å². The standard InChI is InChI=1S/C21H21N9OS/c1-13-9-30(11-23-13)16-5-4-15(6-17(16)31-3)26-21-27-19(18-20(28-21)24-12-32-18)22-7-14-8-25-29(2)10-14/h4-6,8-12H,7H2,1-3H3,(H2,22,26,27,28). The summed E-state index contributed by atoms with van der Waals surface area (Å²) >= 11 is 1.50. The molecule has 32 heavy (non-hydrogen) atoms. The second kappa shape index (κ2) is 8.27. The molecule has 2 N–H and O–H groups in total. The number of hydrogen-bond acceptors (Lipinski definition) is 9. The fourth-order valence-corrected chi connectivity index (χ4v) is 4.03. The fourth-order valence-electron chi connectivity index (χ4n) is 3.34. The van der Waals surface area contributed by atoms with Gasteiger partial charge in [0.1, 0.15) is 10.4 Å². The van der Waals surface area contributed by atoms with E-state index in [9.17, 15) is 0 Å². The number of rotatable bonds is 7. The van der Waals surface area contributed by atoms with Crippen LogP contribution in [-0.2, 0) is 13.6 Å². The summed E-state index contributed by atoms with van der Waals surface area (Å²) in [6.45, 7) is 2.55. The lowest BCUT2D eigenvalue weighted by atomic mass is 10.2. The summed E-state index contributed by atoms with van der Waals surface area (Å²) in [6.07, 6.45) is 7.50.